The van der Waals surface area contributed by atoms with Crippen LogP contribution in [-0.2, 0) is 0 Å². The van der Waals surface area contributed by atoms with E-state index in [-0.39, 0.29) is 33.5 Å². The molecule has 1 unspecified atom stereocenters. The number of halogens is 3. The first-order valence-corrected chi connectivity index (χ1v) is 10.9. The predicted molar refractivity (Wildman–Crippen MR) is 124 cm³/mol. The quantitative estimate of drug-likeness (QED) is 0.354. The van der Waals surface area contributed by atoms with E-state index in [1.165, 1.54) is 4.85 Å². The van der Waals surface area contributed by atoms with Crippen molar-refractivity contribution in [2.75, 3.05) is 6.61 Å². The highest BCUT2D eigenvalue weighted by Gasteiger charge is 2.27. The van der Waals surface area contributed by atoms with Crippen LogP contribution >= 0.6 is 39.1 Å². The van der Waals surface area contributed by atoms with Gasteiger partial charge in [-0.15, -0.1) is 5.10 Å². The zero-order chi connectivity index (χ0) is 23.5. The molecule has 0 spiro atoms. The fourth-order valence-corrected chi connectivity index (χ4v) is 3.75. The van der Waals surface area contributed by atoms with Gasteiger partial charge in [-0.3, -0.25) is 0 Å². The molecular formula is C22H12BrCl2N5O3. The average Bonchev–Trinajstić information content (AvgIpc) is 3.25. The van der Waals surface area contributed by atoms with Crippen molar-refractivity contribution in [1.82, 2.24) is 15.2 Å². The van der Waals surface area contributed by atoms with E-state index in [1.54, 1.807) is 30.3 Å². The van der Waals surface area contributed by atoms with E-state index in [0.29, 0.717) is 16.6 Å². The molecule has 0 saturated carbocycles. The first-order valence-electron chi connectivity index (χ1n) is 9.34. The molecule has 1 atom stereocenters. The third-order valence-corrected chi connectivity index (χ3v) is 6.06. The molecule has 1 aromatic heterocycles. The van der Waals surface area contributed by atoms with Crippen LogP contribution in [-0.4, -0.2) is 26.9 Å². The maximum absolute atomic E-state index is 10.1. The summed E-state index contributed by atoms with van der Waals surface area (Å²) < 4.78 is 6.93. The lowest BCUT2D eigenvalue weighted by Gasteiger charge is -2.22. The van der Waals surface area contributed by atoms with Gasteiger partial charge >= 0.3 is 0 Å². The lowest BCUT2D eigenvalue weighted by molar-refractivity contribution is 0.0243. The number of aromatic hydroxyl groups is 1. The SMILES string of the molecule is N#Cc1c(O)c(Cl)c(Cl)c(OC(COn2nnc3ccccc32)c2ccc(Br)cc2)c1C#N. The summed E-state index contributed by atoms with van der Waals surface area (Å²) in [7, 11) is 0. The van der Waals surface area contributed by atoms with E-state index < -0.39 is 11.9 Å². The van der Waals surface area contributed by atoms with Gasteiger partial charge in [0.2, 0.25) is 0 Å². The van der Waals surface area contributed by atoms with E-state index in [1.807, 2.05) is 30.3 Å². The summed E-state index contributed by atoms with van der Waals surface area (Å²) in [6.07, 6.45) is -0.794. The molecule has 3 aromatic carbocycles. The minimum absolute atomic E-state index is 0.0590. The van der Waals surface area contributed by atoms with Crippen LogP contribution in [0.3, 0.4) is 0 Å². The van der Waals surface area contributed by atoms with E-state index in [9.17, 15) is 15.6 Å². The van der Waals surface area contributed by atoms with Gasteiger partial charge in [-0.2, -0.15) is 10.5 Å². The molecular weight excluding hydrogens is 533 g/mol. The fourth-order valence-electron chi connectivity index (χ4n) is 3.08. The van der Waals surface area contributed by atoms with Crippen LogP contribution < -0.4 is 9.57 Å². The number of nitriles is 2. The fraction of sp³-hybridized carbons (Fsp3) is 0.0909. The van der Waals surface area contributed by atoms with Crippen molar-refractivity contribution in [2.45, 2.75) is 6.10 Å². The second-order valence-electron chi connectivity index (χ2n) is 6.68. The Morgan fingerprint density at radius 2 is 1.73 bits per heavy atom. The van der Waals surface area contributed by atoms with Crippen LogP contribution in [0.25, 0.3) is 11.0 Å². The molecule has 0 bridgehead atoms. The number of hydrogen-bond donors (Lipinski definition) is 1. The molecule has 0 saturated heterocycles. The minimum atomic E-state index is -0.794. The van der Waals surface area contributed by atoms with Crippen molar-refractivity contribution in [3.05, 3.63) is 79.7 Å². The van der Waals surface area contributed by atoms with E-state index >= 15 is 0 Å². The zero-order valence-electron chi connectivity index (χ0n) is 16.5. The number of fused-ring (bicyclic) bond motifs is 1. The molecule has 1 N–H and O–H groups in total. The zero-order valence-corrected chi connectivity index (χ0v) is 19.6. The molecule has 0 aliphatic rings. The minimum Gasteiger partial charge on any atom is -0.505 e. The van der Waals surface area contributed by atoms with Gasteiger partial charge in [-0.05, 0) is 35.0 Å². The number of benzene rings is 3. The molecule has 164 valence electrons. The third-order valence-electron chi connectivity index (χ3n) is 4.71. The summed E-state index contributed by atoms with van der Waals surface area (Å²) in [5.41, 5.74) is 1.42. The average molecular weight is 545 g/mol. The smallest absolute Gasteiger partial charge is 0.160 e. The number of phenols is 1. The van der Waals surface area contributed by atoms with Crippen molar-refractivity contribution >= 4 is 50.2 Å². The molecule has 8 nitrogen and oxygen atoms in total. The molecule has 0 amide bonds. The van der Waals surface area contributed by atoms with Crippen molar-refractivity contribution < 1.29 is 14.7 Å². The molecule has 0 radical (unpaired) electrons. The highest BCUT2D eigenvalue weighted by molar-refractivity contribution is 9.10. The second kappa shape index (κ2) is 9.55. The monoisotopic (exact) mass is 543 g/mol. The number of rotatable bonds is 6. The second-order valence-corrected chi connectivity index (χ2v) is 8.36. The van der Waals surface area contributed by atoms with Gasteiger partial charge in [0.25, 0.3) is 0 Å². The highest BCUT2D eigenvalue weighted by Crippen LogP contribution is 2.45. The Hall–Kier alpha value is -3.50. The molecule has 33 heavy (non-hydrogen) atoms. The summed E-state index contributed by atoms with van der Waals surface area (Å²) in [5.74, 6) is -0.725. The third kappa shape index (κ3) is 4.39. The summed E-state index contributed by atoms with van der Waals surface area (Å²) in [6.45, 7) is -0.0590. The highest BCUT2D eigenvalue weighted by atomic mass is 79.9. The predicted octanol–water partition coefficient (Wildman–Crippen LogP) is 5.20. The van der Waals surface area contributed by atoms with E-state index in [4.69, 9.17) is 32.8 Å². The maximum Gasteiger partial charge on any atom is 0.160 e. The van der Waals surface area contributed by atoms with E-state index in [0.717, 1.165) is 4.47 Å². The Kier molecular flexibility index (Phi) is 6.57. The first kappa shape index (κ1) is 22.7. The normalized spacial score (nSPS) is 11.5. The van der Waals surface area contributed by atoms with Gasteiger partial charge in [-0.25, -0.2) is 0 Å². The van der Waals surface area contributed by atoms with Gasteiger partial charge in [0.15, 0.2) is 24.2 Å². The number of phenolic OH excluding ortho intramolecular Hbond substituents is 1. The Balaban J connectivity index is 1.74. The molecule has 0 aliphatic carbocycles. The number of aromatic nitrogens is 3. The van der Waals surface area contributed by atoms with Crippen LogP contribution in [0.15, 0.2) is 53.0 Å². The van der Waals surface area contributed by atoms with Gasteiger partial charge in [0.05, 0.1) is 0 Å². The van der Waals surface area contributed by atoms with Gasteiger partial charge in [0.1, 0.15) is 44.3 Å². The van der Waals surface area contributed by atoms with Crippen molar-refractivity contribution in [2.24, 2.45) is 0 Å². The number of para-hydroxylation sites is 1. The van der Waals surface area contributed by atoms with E-state index in [2.05, 4.69) is 26.2 Å². The summed E-state index contributed by atoms with van der Waals surface area (Å²) >= 11 is 15.8. The number of hydrogen-bond acceptors (Lipinski definition) is 7. The Labute approximate surface area is 206 Å². The number of nitrogens with zero attached hydrogens (tertiary/aromatic N) is 5. The Morgan fingerprint density at radius 3 is 2.42 bits per heavy atom. The van der Waals surface area contributed by atoms with Crippen LogP contribution in [0.4, 0.5) is 0 Å². The molecule has 1 heterocycles. The van der Waals surface area contributed by atoms with Crippen LogP contribution in [0.5, 0.6) is 11.5 Å². The lowest BCUT2D eigenvalue weighted by Crippen LogP contribution is -2.24. The standard InChI is InChI=1S/C22H12BrCl2N5O3/c23-13-7-5-12(6-8-13)18(11-32-30-17-4-2-1-3-16(17)28-29-30)33-22-15(10-27)14(9-26)21(31)19(24)20(22)25/h1-8,18,31H,11H2. The Morgan fingerprint density at radius 1 is 1.03 bits per heavy atom. The number of ether oxygens (including phenoxy) is 1. The topological polar surface area (TPSA) is 117 Å². The van der Waals surface area contributed by atoms with Crippen molar-refractivity contribution in [1.29, 1.82) is 10.5 Å². The largest absolute Gasteiger partial charge is 0.505 e. The van der Waals surface area contributed by atoms with Crippen molar-refractivity contribution in [3.8, 4) is 23.6 Å². The molecule has 0 aliphatic heterocycles. The molecule has 11 heteroatoms. The van der Waals surface area contributed by atoms with Gasteiger partial charge in [0, 0.05) is 4.47 Å². The lowest BCUT2D eigenvalue weighted by atomic mass is 10.1. The van der Waals surface area contributed by atoms with Crippen molar-refractivity contribution in [3.63, 3.8) is 0 Å². The summed E-state index contributed by atoms with van der Waals surface area (Å²) in [5, 5.41) is 36.7. The summed E-state index contributed by atoms with van der Waals surface area (Å²) in [4.78, 5) is 7.10. The Bertz CT molecular complexity index is 1430. The summed E-state index contributed by atoms with van der Waals surface area (Å²) in [6, 6.07) is 18.1. The van der Waals surface area contributed by atoms with Crippen LogP contribution in [0.1, 0.15) is 22.8 Å². The first-order chi connectivity index (χ1) is 15.9. The van der Waals surface area contributed by atoms with Crippen LogP contribution in [0, 0.1) is 22.7 Å². The van der Waals surface area contributed by atoms with Crippen LogP contribution in [0.2, 0.25) is 10.0 Å². The van der Waals surface area contributed by atoms with Gasteiger partial charge < -0.3 is 14.7 Å². The maximum atomic E-state index is 10.1. The molecule has 4 rings (SSSR count). The molecule has 4 aromatic rings. The molecule has 0 fully saturated rings. The van der Waals surface area contributed by atoms with Gasteiger partial charge in [-0.1, -0.05) is 68.2 Å².